The van der Waals surface area contributed by atoms with Crippen molar-refractivity contribution in [3.8, 4) is 0 Å². The molecular formula is C12H21N3O2. The molecule has 1 heterocycles. The van der Waals surface area contributed by atoms with E-state index in [1.165, 1.54) is 0 Å². The van der Waals surface area contributed by atoms with Crippen molar-refractivity contribution >= 4 is 5.97 Å². The van der Waals surface area contributed by atoms with E-state index in [0.29, 0.717) is 19.6 Å². The first-order valence-electron chi connectivity index (χ1n) is 5.98. The number of aryl methyl sites for hydroxylation is 1. The van der Waals surface area contributed by atoms with Crippen molar-refractivity contribution in [3.63, 3.8) is 0 Å². The molecule has 0 aromatic carbocycles. The van der Waals surface area contributed by atoms with Gasteiger partial charge in [0.25, 0.3) is 0 Å². The predicted octanol–water partition coefficient (Wildman–Crippen LogP) is 1.47. The molecule has 2 N–H and O–H groups in total. The van der Waals surface area contributed by atoms with Gasteiger partial charge in [0, 0.05) is 17.8 Å². The smallest absolute Gasteiger partial charge is 0.330 e. The third-order valence-electron chi connectivity index (χ3n) is 2.92. The summed E-state index contributed by atoms with van der Waals surface area (Å²) < 4.78 is 6.79. The standard InChI is InChI=1S/C12H21N3O2/c1-5-11(12(16)17-6-2)15-9(4)10(7-13)8(3)14-15/h11H,5-7,13H2,1-4H3. The average molecular weight is 239 g/mol. The van der Waals surface area contributed by atoms with Crippen molar-refractivity contribution in [2.75, 3.05) is 6.61 Å². The van der Waals surface area contributed by atoms with Crippen LogP contribution >= 0.6 is 0 Å². The van der Waals surface area contributed by atoms with Gasteiger partial charge in [-0.2, -0.15) is 5.10 Å². The van der Waals surface area contributed by atoms with Crippen molar-refractivity contribution in [2.45, 2.75) is 46.7 Å². The highest BCUT2D eigenvalue weighted by Crippen LogP contribution is 2.20. The van der Waals surface area contributed by atoms with Crippen molar-refractivity contribution in [1.29, 1.82) is 0 Å². The highest BCUT2D eigenvalue weighted by Gasteiger charge is 2.24. The third kappa shape index (κ3) is 2.66. The Morgan fingerprint density at radius 3 is 2.53 bits per heavy atom. The molecule has 0 bridgehead atoms. The van der Waals surface area contributed by atoms with E-state index in [2.05, 4.69) is 5.10 Å². The Balaban J connectivity index is 3.08. The average Bonchev–Trinajstić information content (AvgIpc) is 2.56. The van der Waals surface area contributed by atoms with E-state index < -0.39 is 0 Å². The zero-order valence-corrected chi connectivity index (χ0v) is 11.0. The van der Waals surface area contributed by atoms with Crippen molar-refractivity contribution in [1.82, 2.24) is 9.78 Å². The van der Waals surface area contributed by atoms with Gasteiger partial charge in [0.05, 0.1) is 12.3 Å². The number of hydrogen-bond acceptors (Lipinski definition) is 4. The zero-order chi connectivity index (χ0) is 13.0. The summed E-state index contributed by atoms with van der Waals surface area (Å²) in [7, 11) is 0. The van der Waals surface area contributed by atoms with Crippen molar-refractivity contribution in [3.05, 3.63) is 17.0 Å². The van der Waals surface area contributed by atoms with Gasteiger partial charge in [-0.3, -0.25) is 4.68 Å². The maximum absolute atomic E-state index is 11.8. The molecule has 96 valence electrons. The number of carbonyl (C=O) groups excluding carboxylic acids is 1. The minimum atomic E-state index is -0.353. The van der Waals surface area contributed by atoms with Gasteiger partial charge in [-0.25, -0.2) is 4.79 Å². The second-order valence-electron chi connectivity index (χ2n) is 3.97. The number of ether oxygens (including phenoxy) is 1. The fraction of sp³-hybridized carbons (Fsp3) is 0.667. The van der Waals surface area contributed by atoms with Crippen LogP contribution < -0.4 is 5.73 Å². The molecule has 0 radical (unpaired) electrons. The van der Waals surface area contributed by atoms with Crippen molar-refractivity contribution < 1.29 is 9.53 Å². The van der Waals surface area contributed by atoms with Crippen LogP contribution in [0.5, 0.6) is 0 Å². The molecule has 0 saturated heterocycles. The number of nitrogens with zero attached hydrogens (tertiary/aromatic N) is 2. The molecule has 1 atom stereocenters. The molecule has 0 fully saturated rings. The van der Waals surface area contributed by atoms with Gasteiger partial charge in [-0.05, 0) is 27.2 Å². The van der Waals surface area contributed by atoms with E-state index in [0.717, 1.165) is 17.0 Å². The summed E-state index contributed by atoms with van der Waals surface area (Å²) >= 11 is 0. The Labute approximate surface area is 102 Å². The largest absolute Gasteiger partial charge is 0.464 e. The van der Waals surface area contributed by atoms with Crippen LogP contribution in [0.4, 0.5) is 0 Å². The second kappa shape index (κ2) is 5.82. The molecule has 17 heavy (non-hydrogen) atoms. The Morgan fingerprint density at radius 1 is 1.47 bits per heavy atom. The Bertz CT molecular complexity index is 399. The molecule has 5 heteroatoms. The van der Waals surface area contributed by atoms with Crippen LogP contribution in [0.3, 0.4) is 0 Å². The lowest BCUT2D eigenvalue weighted by molar-refractivity contribution is -0.147. The first-order chi connectivity index (χ1) is 8.06. The van der Waals surface area contributed by atoms with E-state index in [9.17, 15) is 4.79 Å². The molecule has 1 aromatic heterocycles. The number of nitrogens with two attached hydrogens (primary N) is 1. The fourth-order valence-corrected chi connectivity index (χ4v) is 1.97. The summed E-state index contributed by atoms with van der Waals surface area (Å²) in [5, 5.41) is 4.39. The molecule has 0 aliphatic rings. The summed E-state index contributed by atoms with van der Waals surface area (Å²) in [5.41, 5.74) is 8.51. The SMILES string of the molecule is CCOC(=O)C(CC)n1nc(C)c(CN)c1C. The Morgan fingerprint density at radius 2 is 2.12 bits per heavy atom. The minimum Gasteiger partial charge on any atom is -0.464 e. The Kier molecular flexibility index (Phi) is 4.69. The summed E-state index contributed by atoms with van der Waals surface area (Å²) in [6, 6.07) is -0.353. The molecular weight excluding hydrogens is 218 g/mol. The first kappa shape index (κ1) is 13.7. The molecule has 0 saturated carbocycles. The monoisotopic (exact) mass is 239 g/mol. The van der Waals surface area contributed by atoms with Crippen LogP contribution in [0.25, 0.3) is 0 Å². The van der Waals surface area contributed by atoms with E-state index in [-0.39, 0.29) is 12.0 Å². The summed E-state index contributed by atoms with van der Waals surface area (Å²) in [4.78, 5) is 11.8. The molecule has 0 spiro atoms. The quantitative estimate of drug-likeness (QED) is 0.790. The van der Waals surface area contributed by atoms with Gasteiger partial charge < -0.3 is 10.5 Å². The second-order valence-corrected chi connectivity index (χ2v) is 3.97. The summed E-state index contributed by atoms with van der Waals surface area (Å²) in [6.45, 7) is 8.42. The summed E-state index contributed by atoms with van der Waals surface area (Å²) in [5.74, 6) is -0.232. The van der Waals surface area contributed by atoms with E-state index in [4.69, 9.17) is 10.5 Å². The highest BCUT2D eigenvalue weighted by atomic mass is 16.5. The van der Waals surface area contributed by atoms with E-state index in [1.807, 2.05) is 20.8 Å². The normalized spacial score (nSPS) is 12.5. The number of hydrogen-bond donors (Lipinski definition) is 1. The van der Waals surface area contributed by atoms with Crippen molar-refractivity contribution in [2.24, 2.45) is 5.73 Å². The molecule has 0 amide bonds. The molecule has 1 unspecified atom stereocenters. The maximum Gasteiger partial charge on any atom is 0.330 e. The molecule has 1 rings (SSSR count). The van der Waals surface area contributed by atoms with Gasteiger partial charge in [0.2, 0.25) is 0 Å². The number of esters is 1. The van der Waals surface area contributed by atoms with Gasteiger partial charge in [0.15, 0.2) is 0 Å². The zero-order valence-electron chi connectivity index (χ0n) is 11.0. The first-order valence-corrected chi connectivity index (χ1v) is 5.98. The van der Waals surface area contributed by atoms with E-state index >= 15 is 0 Å². The maximum atomic E-state index is 11.8. The molecule has 1 aromatic rings. The van der Waals surface area contributed by atoms with Gasteiger partial charge in [0.1, 0.15) is 6.04 Å². The van der Waals surface area contributed by atoms with Gasteiger partial charge in [-0.1, -0.05) is 6.92 Å². The van der Waals surface area contributed by atoms with Crippen LogP contribution in [0.2, 0.25) is 0 Å². The minimum absolute atomic E-state index is 0.232. The molecule has 0 aliphatic heterocycles. The predicted molar refractivity (Wildman–Crippen MR) is 65.6 cm³/mol. The van der Waals surface area contributed by atoms with Gasteiger partial charge in [-0.15, -0.1) is 0 Å². The van der Waals surface area contributed by atoms with Crippen LogP contribution in [0.1, 0.15) is 43.3 Å². The topological polar surface area (TPSA) is 70.1 Å². The van der Waals surface area contributed by atoms with Crippen LogP contribution in [0.15, 0.2) is 0 Å². The summed E-state index contributed by atoms with van der Waals surface area (Å²) in [6.07, 6.45) is 0.658. The lowest BCUT2D eigenvalue weighted by Gasteiger charge is -2.16. The van der Waals surface area contributed by atoms with E-state index in [1.54, 1.807) is 11.6 Å². The van der Waals surface area contributed by atoms with Crippen LogP contribution in [0, 0.1) is 13.8 Å². The molecule has 0 aliphatic carbocycles. The Hall–Kier alpha value is -1.36. The molecule has 5 nitrogen and oxygen atoms in total. The van der Waals surface area contributed by atoms with Crippen LogP contribution in [-0.2, 0) is 16.1 Å². The van der Waals surface area contributed by atoms with Gasteiger partial charge >= 0.3 is 5.97 Å². The lowest BCUT2D eigenvalue weighted by Crippen LogP contribution is -2.23. The number of carbonyl (C=O) groups is 1. The lowest BCUT2D eigenvalue weighted by atomic mass is 10.2. The number of rotatable bonds is 5. The van der Waals surface area contributed by atoms with Crippen LogP contribution in [-0.4, -0.2) is 22.4 Å². The third-order valence-corrected chi connectivity index (χ3v) is 2.92. The highest BCUT2D eigenvalue weighted by molar-refractivity contribution is 5.74. The number of aromatic nitrogens is 2. The fourth-order valence-electron chi connectivity index (χ4n) is 1.97.